The van der Waals surface area contributed by atoms with Crippen LogP contribution in [0.2, 0.25) is 0 Å². The number of carboxylic acids is 1. The first-order valence-corrected chi connectivity index (χ1v) is 3.95. The van der Waals surface area contributed by atoms with Gasteiger partial charge in [0.1, 0.15) is 6.42 Å². The Hall–Kier alpha value is -1.10. The molecule has 5 nitrogen and oxygen atoms in total. The van der Waals surface area contributed by atoms with Gasteiger partial charge >= 0.3 is 5.97 Å². The van der Waals surface area contributed by atoms with Crippen LogP contribution < -0.4 is 0 Å². The number of carbonyl (C=O) groups excluding carboxylic acids is 1. The molecule has 0 fully saturated rings. The Morgan fingerprint density at radius 2 is 2.08 bits per heavy atom. The van der Waals surface area contributed by atoms with E-state index in [1.165, 1.54) is 12.0 Å². The number of aliphatic carboxylic acids is 1. The number of methoxy groups -OCH3 is 1. The summed E-state index contributed by atoms with van der Waals surface area (Å²) in [6.07, 6.45) is -0.468. The molecule has 0 spiro atoms. The molecule has 13 heavy (non-hydrogen) atoms. The van der Waals surface area contributed by atoms with Gasteiger partial charge in [0.2, 0.25) is 5.91 Å². The Kier molecular flexibility index (Phi) is 5.06. The van der Waals surface area contributed by atoms with Crippen LogP contribution in [0.3, 0.4) is 0 Å². The summed E-state index contributed by atoms with van der Waals surface area (Å²) in [5.74, 6) is -1.52. The number of amides is 1. The average molecular weight is 189 g/mol. The van der Waals surface area contributed by atoms with Gasteiger partial charge in [-0.1, -0.05) is 0 Å². The van der Waals surface area contributed by atoms with Crippen LogP contribution in [0.5, 0.6) is 0 Å². The monoisotopic (exact) mass is 189 g/mol. The Morgan fingerprint density at radius 3 is 2.46 bits per heavy atom. The molecule has 0 aliphatic carbocycles. The minimum absolute atomic E-state index is 0.100. The lowest BCUT2D eigenvalue weighted by atomic mass is 10.3. The number of ether oxygens (including phenoxy) is 1. The highest BCUT2D eigenvalue weighted by Crippen LogP contribution is 1.99. The van der Waals surface area contributed by atoms with Gasteiger partial charge in [0.15, 0.2) is 0 Å². The topological polar surface area (TPSA) is 66.8 Å². The van der Waals surface area contributed by atoms with Crippen molar-refractivity contribution in [1.29, 1.82) is 0 Å². The van der Waals surface area contributed by atoms with Gasteiger partial charge < -0.3 is 14.7 Å². The van der Waals surface area contributed by atoms with E-state index in [0.29, 0.717) is 6.61 Å². The molecule has 0 heterocycles. The van der Waals surface area contributed by atoms with Crippen molar-refractivity contribution < 1.29 is 19.4 Å². The van der Waals surface area contributed by atoms with Crippen LogP contribution in [-0.4, -0.2) is 48.7 Å². The van der Waals surface area contributed by atoms with Crippen LogP contribution in [0.1, 0.15) is 13.3 Å². The third-order valence-electron chi connectivity index (χ3n) is 1.76. The third kappa shape index (κ3) is 4.47. The van der Waals surface area contributed by atoms with Crippen molar-refractivity contribution in [2.45, 2.75) is 19.4 Å². The molecule has 76 valence electrons. The summed E-state index contributed by atoms with van der Waals surface area (Å²) in [5, 5.41) is 8.37. The van der Waals surface area contributed by atoms with Crippen molar-refractivity contribution in [3.8, 4) is 0 Å². The van der Waals surface area contributed by atoms with E-state index in [-0.39, 0.29) is 6.04 Å². The second-order valence-corrected chi connectivity index (χ2v) is 2.88. The zero-order chi connectivity index (χ0) is 10.4. The maximum atomic E-state index is 11.2. The lowest BCUT2D eigenvalue weighted by Gasteiger charge is -2.23. The molecule has 1 amide bonds. The van der Waals surface area contributed by atoms with Crippen molar-refractivity contribution >= 4 is 11.9 Å². The summed E-state index contributed by atoms with van der Waals surface area (Å²) >= 11 is 0. The number of carbonyl (C=O) groups is 2. The summed E-state index contributed by atoms with van der Waals surface area (Å²) in [5.41, 5.74) is 0. The molecule has 0 rings (SSSR count). The molecule has 0 aromatic heterocycles. The summed E-state index contributed by atoms with van der Waals surface area (Å²) < 4.78 is 4.84. The van der Waals surface area contributed by atoms with E-state index in [1.807, 2.05) is 0 Å². The largest absolute Gasteiger partial charge is 0.481 e. The SMILES string of the molecule is COCC(C)N(C)C(=O)CC(=O)O. The molecule has 1 atom stereocenters. The van der Waals surface area contributed by atoms with Gasteiger partial charge in [-0.25, -0.2) is 0 Å². The molecule has 0 aliphatic heterocycles. The predicted octanol–water partition coefficient (Wildman–Crippen LogP) is -0.0456. The smallest absolute Gasteiger partial charge is 0.312 e. The van der Waals surface area contributed by atoms with Gasteiger partial charge in [0.25, 0.3) is 0 Å². The lowest BCUT2D eigenvalue weighted by Crippen LogP contribution is -2.38. The number of carboxylic acid groups (broad SMARTS) is 1. The van der Waals surface area contributed by atoms with E-state index in [1.54, 1.807) is 14.0 Å². The van der Waals surface area contributed by atoms with E-state index in [0.717, 1.165) is 0 Å². The number of nitrogens with zero attached hydrogens (tertiary/aromatic N) is 1. The highest BCUT2D eigenvalue weighted by atomic mass is 16.5. The van der Waals surface area contributed by atoms with E-state index >= 15 is 0 Å². The fourth-order valence-electron chi connectivity index (χ4n) is 0.853. The minimum Gasteiger partial charge on any atom is -0.481 e. The minimum atomic E-state index is -1.11. The number of rotatable bonds is 5. The molecular weight excluding hydrogens is 174 g/mol. The van der Waals surface area contributed by atoms with Crippen LogP contribution in [0.25, 0.3) is 0 Å². The van der Waals surface area contributed by atoms with Crippen molar-refractivity contribution in [3.63, 3.8) is 0 Å². The first-order chi connectivity index (χ1) is 5.99. The van der Waals surface area contributed by atoms with Gasteiger partial charge in [-0.05, 0) is 6.92 Å². The first-order valence-electron chi connectivity index (χ1n) is 3.95. The Bertz CT molecular complexity index is 193. The van der Waals surface area contributed by atoms with Crippen molar-refractivity contribution in [2.24, 2.45) is 0 Å². The third-order valence-corrected chi connectivity index (χ3v) is 1.76. The maximum absolute atomic E-state index is 11.2. The molecule has 0 bridgehead atoms. The second-order valence-electron chi connectivity index (χ2n) is 2.88. The Morgan fingerprint density at radius 1 is 1.54 bits per heavy atom. The normalized spacial score (nSPS) is 12.2. The molecule has 0 aromatic rings. The number of hydrogen-bond donors (Lipinski definition) is 1. The molecule has 0 saturated carbocycles. The molecular formula is C8H15NO4. The van der Waals surface area contributed by atoms with E-state index in [4.69, 9.17) is 9.84 Å². The second kappa shape index (κ2) is 5.53. The fraction of sp³-hybridized carbons (Fsp3) is 0.750. The quantitative estimate of drug-likeness (QED) is 0.616. The Balaban J connectivity index is 4.01. The van der Waals surface area contributed by atoms with Crippen molar-refractivity contribution in [2.75, 3.05) is 20.8 Å². The standard InChI is InChI=1S/C8H15NO4/c1-6(5-13-3)9(2)7(10)4-8(11)12/h6H,4-5H2,1-3H3,(H,11,12). The van der Waals surface area contributed by atoms with Gasteiger partial charge in [-0.15, -0.1) is 0 Å². The molecule has 0 aliphatic rings. The molecule has 1 unspecified atom stereocenters. The zero-order valence-electron chi connectivity index (χ0n) is 8.11. The van der Waals surface area contributed by atoms with Crippen LogP contribution in [0, 0.1) is 0 Å². The van der Waals surface area contributed by atoms with Crippen LogP contribution >= 0.6 is 0 Å². The Labute approximate surface area is 77.3 Å². The highest BCUT2D eigenvalue weighted by Gasteiger charge is 2.17. The van der Waals surface area contributed by atoms with Gasteiger partial charge in [0.05, 0.1) is 12.6 Å². The maximum Gasteiger partial charge on any atom is 0.312 e. The zero-order valence-corrected chi connectivity index (χ0v) is 8.11. The van der Waals surface area contributed by atoms with Gasteiger partial charge in [-0.2, -0.15) is 0 Å². The van der Waals surface area contributed by atoms with Crippen LogP contribution in [0.4, 0.5) is 0 Å². The molecule has 5 heteroatoms. The van der Waals surface area contributed by atoms with Crippen molar-refractivity contribution in [3.05, 3.63) is 0 Å². The van der Waals surface area contributed by atoms with Crippen LogP contribution in [-0.2, 0) is 14.3 Å². The summed E-state index contributed by atoms with van der Waals surface area (Å²) in [7, 11) is 3.10. The summed E-state index contributed by atoms with van der Waals surface area (Å²) in [6, 6.07) is -0.100. The van der Waals surface area contributed by atoms with Crippen molar-refractivity contribution in [1.82, 2.24) is 4.90 Å². The molecule has 0 aromatic carbocycles. The van der Waals surface area contributed by atoms with E-state index in [9.17, 15) is 9.59 Å². The molecule has 0 radical (unpaired) electrons. The van der Waals surface area contributed by atoms with E-state index < -0.39 is 18.3 Å². The molecule has 0 saturated heterocycles. The number of hydrogen-bond acceptors (Lipinski definition) is 3. The van der Waals surface area contributed by atoms with E-state index in [2.05, 4.69) is 0 Å². The van der Waals surface area contributed by atoms with Gasteiger partial charge in [-0.3, -0.25) is 9.59 Å². The summed E-state index contributed by atoms with van der Waals surface area (Å²) in [4.78, 5) is 22.7. The molecule has 1 N–H and O–H groups in total. The van der Waals surface area contributed by atoms with Crippen LogP contribution in [0.15, 0.2) is 0 Å². The lowest BCUT2D eigenvalue weighted by molar-refractivity contribution is -0.144. The fourth-order valence-corrected chi connectivity index (χ4v) is 0.853. The summed E-state index contributed by atoms with van der Waals surface area (Å²) in [6.45, 7) is 2.20. The number of likely N-dealkylation sites (N-methyl/N-ethyl adjacent to an activating group) is 1. The first kappa shape index (κ1) is 11.9. The van der Waals surface area contributed by atoms with Gasteiger partial charge in [0, 0.05) is 14.2 Å². The predicted molar refractivity (Wildman–Crippen MR) is 46.4 cm³/mol. The average Bonchev–Trinajstić information content (AvgIpc) is 2.02. The highest BCUT2D eigenvalue weighted by molar-refractivity contribution is 5.93.